The summed E-state index contributed by atoms with van der Waals surface area (Å²) in [6, 6.07) is 16.2. The van der Waals surface area contributed by atoms with Crippen LogP contribution >= 0.6 is 11.8 Å². The highest BCUT2D eigenvalue weighted by atomic mass is 32.2. The Balaban J connectivity index is 2.05. The number of thioether (sulfide) groups is 1. The van der Waals surface area contributed by atoms with Gasteiger partial charge in [0, 0.05) is 0 Å². The number of nitrogens with zero attached hydrogens (tertiary/aromatic N) is 3. The standard InChI is InChI=1S/C18H17FN4OS/c1-12(16(20)24)25-18-22-21-17(14-9-5-6-10-15(14)19)23(18)11-13-7-3-2-4-8-13/h2-10,12H,11H2,1H3,(H2,20,24). The first kappa shape index (κ1) is 17.2. The molecule has 1 unspecified atom stereocenters. The number of benzene rings is 2. The van der Waals surface area contributed by atoms with Crippen molar-refractivity contribution >= 4 is 17.7 Å². The third-order valence-electron chi connectivity index (χ3n) is 3.70. The Morgan fingerprint density at radius 3 is 2.52 bits per heavy atom. The summed E-state index contributed by atoms with van der Waals surface area (Å²) in [7, 11) is 0. The monoisotopic (exact) mass is 356 g/mol. The minimum absolute atomic E-state index is 0.365. The number of carbonyl (C=O) groups is 1. The van der Waals surface area contributed by atoms with Gasteiger partial charge in [0.25, 0.3) is 0 Å². The number of carbonyl (C=O) groups excluding carboxylic acids is 1. The molecule has 128 valence electrons. The number of halogens is 1. The van der Waals surface area contributed by atoms with Gasteiger partial charge in [-0.15, -0.1) is 10.2 Å². The molecule has 1 aromatic heterocycles. The van der Waals surface area contributed by atoms with Crippen LogP contribution in [0.3, 0.4) is 0 Å². The van der Waals surface area contributed by atoms with Gasteiger partial charge in [-0.3, -0.25) is 9.36 Å². The molecule has 3 aromatic rings. The molecule has 25 heavy (non-hydrogen) atoms. The van der Waals surface area contributed by atoms with Gasteiger partial charge in [0.2, 0.25) is 5.91 Å². The van der Waals surface area contributed by atoms with Crippen LogP contribution in [0.2, 0.25) is 0 Å². The number of hydrogen-bond acceptors (Lipinski definition) is 4. The lowest BCUT2D eigenvalue weighted by atomic mass is 10.2. The number of nitrogens with two attached hydrogens (primary N) is 1. The maximum Gasteiger partial charge on any atom is 0.230 e. The van der Waals surface area contributed by atoms with Crippen molar-refractivity contribution in [3.8, 4) is 11.4 Å². The molecule has 2 aromatic carbocycles. The highest BCUT2D eigenvalue weighted by Crippen LogP contribution is 2.28. The first-order valence-corrected chi connectivity index (χ1v) is 8.62. The average molecular weight is 356 g/mol. The fourth-order valence-electron chi connectivity index (χ4n) is 2.34. The first-order chi connectivity index (χ1) is 12.1. The Bertz CT molecular complexity index is 882. The second kappa shape index (κ2) is 7.48. The number of amides is 1. The van der Waals surface area contributed by atoms with Crippen LogP contribution in [0, 0.1) is 5.82 Å². The van der Waals surface area contributed by atoms with Crippen LogP contribution in [0.5, 0.6) is 0 Å². The van der Waals surface area contributed by atoms with Gasteiger partial charge in [0.15, 0.2) is 11.0 Å². The van der Waals surface area contributed by atoms with Crippen molar-refractivity contribution in [3.05, 3.63) is 66.0 Å². The number of aromatic nitrogens is 3. The summed E-state index contributed by atoms with van der Waals surface area (Å²) in [5.41, 5.74) is 6.74. The van der Waals surface area contributed by atoms with Crippen molar-refractivity contribution in [3.63, 3.8) is 0 Å². The third kappa shape index (κ3) is 3.88. The normalized spacial score (nSPS) is 12.1. The molecule has 0 aliphatic carbocycles. The van der Waals surface area contributed by atoms with Gasteiger partial charge in [-0.25, -0.2) is 4.39 Å². The summed E-state index contributed by atoms with van der Waals surface area (Å²) in [6.07, 6.45) is 0. The lowest BCUT2D eigenvalue weighted by Gasteiger charge is -2.12. The summed E-state index contributed by atoms with van der Waals surface area (Å²) in [5.74, 6) is -0.392. The largest absolute Gasteiger partial charge is 0.369 e. The van der Waals surface area contributed by atoms with Crippen molar-refractivity contribution in [1.82, 2.24) is 14.8 Å². The van der Waals surface area contributed by atoms with Crippen LogP contribution in [0.25, 0.3) is 11.4 Å². The fraction of sp³-hybridized carbons (Fsp3) is 0.167. The molecule has 7 heteroatoms. The molecule has 1 amide bonds. The Labute approximate surface area is 149 Å². The summed E-state index contributed by atoms with van der Waals surface area (Å²) in [6.45, 7) is 2.17. The molecule has 3 rings (SSSR count). The van der Waals surface area contributed by atoms with E-state index in [2.05, 4.69) is 10.2 Å². The minimum Gasteiger partial charge on any atom is -0.369 e. The lowest BCUT2D eigenvalue weighted by molar-refractivity contribution is -0.117. The second-order valence-corrected chi connectivity index (χ2v) is 6.83. The van der Waals surface area contributed by atoms with E-state index >= 15 is 0 Å². The summed E-state index contributed by atoms with van der Waals surface area (Å²) in [4.78, 5) is 11.4. The van der Waals surface area contributed by atoms with E-state index in [1.165, 1.54) is 17.8 Å². The molecule has 0 aliphatic heterocycles. The number of hydrogen-bond donors (Lipinski definition) is 1. The molecule has 0 saturated carbocycles. The Hall–Kier alpha value is -2.67. The van der Waals surface area contributed by atoms with E-state index in [9.17, 15) is 9.18 Å². The van der Waals surface area contributed by atoms with Crippen LogP contribution in [-0.4, -0.2) is 25.9 Å². The zero-order valence-electron chi connectivity index (χ0n) is 13.6. The van der Waals surface area contributed by atoms with E-state index in [-0.39, 0.29) is 5.82 Å². The maximum atomic E-state index is 14.2. The van der Waals surface area contributed by atoms with E-state index in [0.717, 1.165) is 5.56 Å². The second-order valence-electron chi connectivity index (χ2n) is 5.52. The SMILES string of the molecule is CC(Sc1nnc(-c2ccccc2F)n1Cc1ccccc1)C(N)=O. The van der Waals surface area contributed by atoms with Crippen molar-refractivity contribution in [2.24, 2.45) is 5.73 Å². The van der Waals surface area contributed by atoms with Crippen LogP contribution in [0.15, 0.2) is 59.8 Å². The van der Waals surface area contributed by atoms with E-state index in [4.69, 9.17) is 5.73 Å². The average Bonchev–Trinajstić information content (AvgIpc) is 2.98. The van der Waals surface area contributed by atoms with Crippen molar-refractivity contribution in [2.45, 2.75) is 23.9 Å². The Morgan fingerprint density at radius 2 is 1.84 bits per heavy atom. The quantitative estimate of drug-likeness (QED) is 0.689. The van der Waals surface area contributed by atoms with Gasteiger partial charge < -0.3 is 5.73 Å². The molecule has 2 N–H and O–H groups in total. The van der Waals surface area contributed by atoms with Crippen molar-refractivity contribution in [2.75, 3.05) is 0 Å². The van der Waals surface area contributed by atoms with E-state index in [1.807, 2.05) is 30.3 Å². The molecular weight excluding hydrogens is 339 g/mol. The third-order valence-corrected chi connectivity index (χ3v) is 4.80. The van der Waals surface area contributed by atoms with Crippen LogP contribution in [0.4, 0.5) is 4.39 Å². The summed E-state index contributed by atoms with van der Waals surface area (Å²) < 4.78 is 16.0. The fourth-order valence-corrected chi connectivity index (χ4v) is 3.14. The molecule has 0 fully saturated rings. The number of rotatable bonds is 6. The summed E-state index contributed by atoms with van der Waals surface area (Å²) >= 11 is 1.21. The lowest BCUT2D eigenvalue weighted by Crippen LogP contribution is -2.23. The topological polar surface area (TPSA) is 73.8 Å². The molecule has 1 atom stereocenters. The maximum absolute atomic E-state index is 14.2. The van der Waals surface area contributed by atoms with Crippen LogP contribution < -0.4 is 5.73 Å². The van der Waals surface area contributed by atoms with Gasteiger partial charge in [-0.05, 0) is 24.6 Å². The van der Waals surface area contributed by atoms with Crippen LogP contribution in [0.1, 0.15) is 12.5 Å². The zero-order chi connectivity index (χ0) is 17.8. The number of primary amides is 1. The Kier molecular flexibility index (Phi) is 5.14. The molecule has 1 heterocycles. The smallest absolute Gasteiger partial charge is 0.230 e. The molecule has 0 aliphatic rings. The molecule has 0 bridgehead atoms. The summed E-state index contributed by atoms with van der Waals surface area (Å²) in [5, 5.41) is 8.37. The predicted octanol–water partition coefficient (Wildman–Crippen LogP) is 3.10. The molecule has 0 radical (unpaired) electrons. The van der Waals surface area contributed by atoms with Crippen LogP contribution in [-0.2, 0) is 11.3 Å². The van der Waals surface area contributed by atoms with E-state index in [1.54, 1.807) is 29.7 Å². The van der Waals surface area contributed by atoms with Crippen molar-refractivity contribution < 1.29 is 9.18 Å². The predicted molar refractivity (Wildman–Crippen MR) is 95.5 cm³/mol. The molecule has 5 nitrogen and oxygen atoms in total. The highest BCUT2D eigenvalue weighted by Gasteiger charge is 2.20. The zero-order valence-corrected chi connectivity index (χ0v) is 14.4. The Morgan fingerprint density at radius 1 is 1.16 bits per heavy atom. The van der Waals surface area contributed by atoms with Gasteiger partial charge >= 0.3 is 0 Å². The highest BCUT2D eigenvalue weighted by molar-refractivity contribution is 8.00. The van der Waals surface area contributed by atoms with E-state index in [0.29, 0.717) is 23.1 Å². The van der Waals surface area contributed by atoms with Gasteiger partial charge in [-0.1, -0.05) is 54.2 Å². The van der Waals surface area contributed by atoms with Crippen molar-refractivity contribution in [1.29, 1.82) is 0 Å². The molecular formula is C18H17FN4OS. The van der Waals surface area contributed by atoms with Gasteiger partial charge in [-0.2, -0.15) is 0 Å². The van der Waals surface area contributed by atoms with Gasteiger partial charge in [0.05, 0.1) is 17.4 Å². The minimum atomic E-state index is -0.466. The van der Waals surface area contributed by atoms with Gasteiger partial charge in [0.1, 0.15) is 5.82 Å². The molecule has 0 spiro atoms. The molecule has 0 saturated heterocycles. The first-order valence-electron chi connectivity index (χ1n) is 7.74. The van der Waals surface area contributed by atoms with E-state index < -0.39 is 11.2 Å².